The molecule has 1 aliphatic carbocycles. The van der Waals surface area contributed by atoms with Crippen LogP contribution in [0.5, 0.6) is 0 Å². The summed E-state index contributed by atoms with van der Waals surface area (Å²) < 4.78 is 24.2. The van der Waals surface area contributed by atoms with Gasteiger partial charge in [-0.1, -0.05) is 18.2 Å². The second-order valence-corrected chi connectivity index (χ2v) is 6.25. The van der Waals surface area contributed by atoms with Gasteiger partial charge in [-0.15, -0.1) is 0 Å². The molecule has 0 radical (unpaired) electrons. The van der Waals surface area contributed by atoms with Crippen molar-refractivity contribution in [2.75, 3.05) is 0 Å². The van der Waals surface area contributed by atoms with Crippen LogP contribution in [-0.4, -0.2) is 20.0 Å². The molecule has 86 valence electrons. The minimum atomic E-state index is -3.14. The summed E-state index contributed by atoms with van der Waals surface area (Å²) in [6.45, 7) is 0. The predicted molar refractivity (Wildman–Crippen MR) is 61.0 cm³/mol. The maximum absolute atomic E-state index is 12.1. The van der Waals surface area contributed by atoms with Gasteiger partial charge in [-0.05, 0) is 30.9 Å². The van der Waals surface area contributed by atoms with Crippen LogP contribution < -0.4 is 0 Å². The molecule has 2 rings (SSSR count). The van der Waals surface area contributed by atoms with Gasteiger partial charge in [0, 0.05) is 6.42 Å². The van der Waals surface area contributed by atoms with E-state index in [1.54, 1.807) is 18.2 Å². The molecular weight excluding hydrogens is 224 g/mol. The Hall–Kier alpha value is -1.16. The summed E-state index contributed by atoms with van der Waals surface area (Å²) >= 11 is 0. The van der Waals surface area contributed by atoms with Crippen molar-refractivity contribution in [1.82, 2.24) is 0 Å². The van der Waals surface area contributed by atoms with Gasteiger partial charge in [0.15, 0.2) is 9.84 Å². The van der Waals surface area contributed by atoms with Crippen LogP contribution in [-0.2, 0) is 21.1 Å². The average Bonchev–Trinajstić information content (AvgIpc) is 3.10. The quantitative estimate of drug-likeness (QED) is 0.734. The van der Waals surface area contributed by atoms with Crippen LogP contribution >= 0.6 is 0 Å². The Morgan fingerprint density at radius 2 is 1.94 bits per heavy atom. The summed E-state index contributed by atoms with van der Waals surface area (Å²) in [6.07, 6.45) is 3.23. The molecule has 0 N–H and O–H groups in total. The smallest absolute Gasteiger partial charge is 0.181 e. The topological polar surface area (TPSA) is 51.2 Å². The molecule has 1 fully saturated rings. The Morgan fingerprint density at radius 3 is 2.56 bits per heavy atom. The maximum atomic E-state index is 12.1. The highest BCUT2D eigenvalue weighted by molar-refractivity contribution is 7.92. The van der Waals surface area contributed by atoms with Crippen molar-refractivity contribution in [3.8, 4) is 0 Å². The molecule has 0 saturated heterocycles. The van der Waals surface area contributed by atoms with Gasteiger partial charge in [-0.2, -0.15) is 0 Å². The number of sulfone groups is 1. The average molecular weight is 238 g/mol. The largest absolute Gasteiger partial charge is 0.303 e. The third kappa shape index (κ3) is 2.16. The first-order valence-electron chi connectivity index (χ1n) is 5.41. The summed E-state index contributed by atoms with van der Waals surface area (Å²) in [5.41, 5.74) is 0.765. The number of rotatable bonds is 5. The number of hydrogen-bond donors (Lipinski definition) is 0. The number of benzene rings is 1. The van der Waals surface area contributed by atoms with Crippen LogP contribution in [0.15, 0.2) is 29.2 Å². The van der Waals surface area contributed by atoms with Crippen LogP contribution in [0.3, 0.4) is 0 Å². The Kier molecular flexibility index (Phi) is 3.10. The van der Waals surface area contributed by atoms with E-state index in [0.717, 1.165) is 24.7 Å². The first-order valence-corrected chi connectivity index (χ1v) is 6.96. The molecule has 1 aromatic carbocycles. The van der Waals surface area contributed by atoms with Crippen molar-refractivity contribution in [2.24, 2.45) is 0 Å². The minimum absolute atomic E-state index is 0.190. The zero-order valence-electron chi connectivity index (χ0n) is 8.93. The van der Waals surface area contributed by atoms with Crippen molar-refractivity contribution in [1.29, 1.82) is 0 Å². The van der Waals surface area contributed by atoms with E-state index in [1.807, 2.05) is 6.07 Å². The van der Waals surface area contributed by atoms with Gasteiger partial charge < -0.3 is 4.79 Å². The monoisotopic (exact) mass is 238 g/mol. The Balaban J connectivity index is 2.35. The van der Waals surface area contributed by atoms with Gasteiger partial charge in [0.25, 0.3) is 0 Å². The molecular formula is C12H14O3S. The molecule has 16 heavy (non-hydrogen) atoms. The van der Waals surface area contributed by atoms with E-state index >= 15 is 0 Å². The van der Waals surface area contributed by atoms with E-state index in [-0.39, 0.29) is 5.25 Å². The van der Waals surface area contributed by atoms with Gasteiger partial charge >= 0.3 is 0 Å². The lowest BCUT2D eigenvalue weighted by atomic mass is 10.1. The fraction of sp³-hybridized carbons (Fsp3) is 0.417. The normalized spacial score (nSPS) is 16.0. The van der Waals surface area contributed by atoms with Gasteiger partial charge in [0.2, 0.25) is 0 Å². The standard InChI is InChI=1S/C12H14O3S/c13-9-3-5-10-4-1-2-6-12(10)16(14,15)11-7-8-11/h1-2,4,6,9,11H,3,5,7-8H2. The first kappa shape index (κ1) is 11.3. The van der Waals surface area contributed by atoms with Gasteiger partial charge in [-0.25, -0.2) is 8.42 Å². The summed E-state index contributed by atoms with van der Waals surface area (Å²) in [7, 11) is -3.14. The van der Waals surface area contributed by atoms with Gasteiger partial charge in [0.1, 0.15) is 6.29 Å². The highest BCUT2D eigenvalue weighted by Crippen LogP contribution is 2.34. The molecule has 0 spiro atoms. The summed E-state index contributed by atoms with van der Waals surface area (Å²) in [4.78, 5) is 10.8. The van der Waals surface area contributed by atoms with Crippen molar-refractivity contribution in [3.63, 3.8) is 0 Å². The summed E-state index contributed by atoms with van der Waals surface area (Å²) in [5.74, 6) is 0. The van der Waals surface area contributed by atoms with E-state index in [1.165, 1.54) is 0 Å². The van der Waals surface area contributed by atoms with Crippen molar-refractivity contribution in [2.45, 2.75) is 35.8 Å². The summed E-state index contributed by atoms with van der Waals surface area (Å²) in [6, 6.07) is 6.98. The molecule has 0 aliphatic heterocycles. The SMILES string of the molecule is O=CCCc1ccccc1S(=O)(=O)C1CC1. The molecule has 1 saturated carbocycles. The number of aryl methyl sites for hydroxylation is 1. The Morgan fingerprint density at radius 1 is 1.25 bits per heavy atom. The zero-order valence-corrected chi connectivity index (χ0v) is 9.74. The van der Waals surface area contributed by atoms with Crippen LogP contribution in [0.25, 0.3) is 0 Å². The second kappa shape index (κ2) is 4.37. The lowest BCUT2D eigenvalue weighted by molar-refractivity contribution is -0.107. The van der Waals surface area contributed by atoms with E-state index < -0.39 is 9.84 Å². The molecule has 0 amide bonds. The van der Waals surface area contributed by atoms with Crippen LogP contribution in [0.4, 0.5) is 0 Å². The Labute approximate surface area is 95.4 Å². The Bertz CT molecular complexity index is 487. The molecule has 0 unspecified atom stereocenters. The molecule has 1 aliphatic rings. The van der Waals surface area contributed by atoms with Gasteiger partial charge in [0.05, 0.1) is 10.1 Å². The highest BCUT2D eigenvalue weighted by Gasteiger charge is 2.37. The summed E-state index contributed by atoms with van der Waals surface area (Å²) in [5, 5.41) is -0.190. The zero-order chi connectivity index (χ0) is 11.6. The molecule has 0 heterocycles. The fourth-order valence-corrected chi connectivity index (χ4v) is 3.68. The van der Waals surface area contributed by atoms with Gasteiger partial charge in [-0.3, -0.25) is 0 Å². The number of hydrogen-bond acceptors (Lipinski definition) is 3. The minimum Gasteiger partial charge on any atom is -0.303 e. The third-order valence-corrected chi connectivity index (χ3v) is 5.13. The fourth-order valence-electron chi connectivity index (χ4n) is 1.76. The lowest BCUT2D eigenvalue weighted by Crippen LogP contribution is -2.10. The van der Waals surface area contributed by atoms with E-state index in [9.17, 15) is 13.2 Å². The number of carbonyl (C=O) groups is 1. The molecule has 4 heteroatoms. The van der Waals surface area contributed by atoms with E-state index in [0.29, 0.717) is 17.7 Å². The van der Waals surface area contributed by atoms with Crippen LogP contribution in [0.2, 0.25) is 0 Å². The molecule has 0 atom stereocenters. The van der Waals surface area contributed by atoms with Crippen molar-refractivity contribution >= 4 is 16.1 Å². The van der Waals surface area contributed by atoms with Crippen molar-refractivity contribution < 1.29 is 13.2 Å². The van der Waals surface area contributed by atoms with Crippen LogP contribution in [0.1, 0.15) is 24.8 Å². The molecule has 1 aromatic rings. The van der Waals surface area contributed by atoms with E-state index in [2.05, 4.69) is 0 Å². The third-order valence-electron chi connectivity index (χ3n) is 2.77. The second-order valence-electron chi connectivity index (χ2n) is 4.06. The highest BCUT2D eigenvalue weighted by atomic mass is 32.2. The van der Waals surface area contributed by atoms with Crippen molar-refractivity contribution in [3.05, 3.63) is 29.8 Å². The molecule has 0 bridgehead atoms. The van der Waals surface area contributed by atoms with E-state index in [4.69, 9.17) is 0 Å². The predicted octanol–water partition coefficient (Wildman–Crippen LogP) is 1.75. The maximum Gasteiger partial charge on any atom is 0.181 e. The lowest BCUT2D eigenvalue weighted by Gasteiger charge is -2.08. The molecule has 0 aromatic heterocycles. The first-order chi connectivity index (χ1) is 7.66. The number of carbonyl (C=O) groups excluding carboxylic acids is 1. The van der Waals surface area contributed by atoms with Crippen LogP contribution in [0, 0.1) is 0 Å². The number of aldehydes is 1. The molecule has 3 nitrogen and oxygen atoms in total.